The Balaban J connectivity index is 1.73. The van der Waals surface area contributed by atoms with Gasteiger partial charge in [0.25, 0.3) is 5.91 Å². The van der Waals surface area contributed by atoms with Crippen LogP contribution in [0.25, 0.3) is 0 Å². The number of aryl methyl sites for hydroxylation is 1. The first-order valence-electron chi connectivity index (χ1n) is 7.37. The second-order valence-corrected chi connectivity index (χ2v) is 5.93. The third kappa shape index (κ3) is 3.44. The smallest absolute Gasteiger partial charge is 0.274 e. The molecule has 0 fully saturated rings. The van der Waals surface area contributed by atoms with Crippen molar-refractivity contribution in [3.8, 4) is 0 Å². The molecule has 3 aromatic rings. The lowest BCUT2D eigenvalue weighted by Crippen LogP contribution is -2.17. The van der Waals surface area contributed by atoms with Crippen LogP contribution in [0.1, 0.15) is 23.0 Å². The van der Waals surface area contributed by atoms with Crippen LogP contribution in [0.4, 0.5) is 5.69 Å². The quantitative estimate of drug-likeness (QED) is 0.751. The maximum atomic E-state index is 12.3. The number of nitrogens with one attached hydrogen (secondary N) is 1. The van der Waals surface area contributed by atoms with Gasteiger partial charge in [0.15, 0.2) is 0 Å². The van der Waals surface area contributed by atoms with Crippen LogP contribution in [0.2, 0.25) is 10.0 Å². The average Bonchev–Trinajstić information content (AvgIpc) is 3.20. The van der Waals surface area contributed by atoms with Gasteiger partial charge in [0.2, 0.25) is 0 Å². The highest BCUT2D eigenvalue weighted by atomic mass is 35.5. The lowest BCUT2D eigenvalue weighted by molar-refractivity contribution is 0.101. The number of nitrogens with zero attached hydrogens (tertiary/aromatic N) is 4. The number of amides is 1. The number of halogens is 2. The number of hydrogen-bond donors (Lipinski definition) is 1. The van der Waals surface area contributed by atoms with Gasteiger partial charge in [0.05, 0.1) is 18.4 Å². The first-order valence-corrected chi connectivity index (χ1v) is 8.12. The van der Waals surface area contributed by atoms with E-state index in [4.69, 9.17) is 23.2 Å². The summed E-state index contributed by atoms with van der Waals surface area (Å²) in [5.74, 6) is -0.232. The minimum atomic E-state index is -0.232. The van der Waals surface area contributed by atoms with E-state index in [1.165, 1.54) is 0 Å². The molecule has 0 atom stereocenters. The van der Waals surface area contributed by atoms with Crippen molar-refractivity contribution in [1.82, 2.24) is 19.6 Å². The Kier molecular flexibility index (Phi) is 4.87. The van der Waals surface area contributed by atoms with Crippen LogP contribution in [0.15, 0.2) is 42.9 Å². The maximum absolute atomic E-state index is 12.3. The third-order valence-corrected chi connectivity index (χ3v) is 4.23. The number of rotatable bonds is 5. The molecule has 0 aliphatic heterocycles. The fraction of sp³-hybridized carbons (Fsp3) is 0.188. The van der Waals surface area contributed by atoms with E-state index in [1.54, 1.807) is 52.2 Å². The highest BCUT2D eigenvalue weighted by Gasteiger charge is 2.13. The van der Waals surface area contributed by atoms with Crippen LogP contribution in [0.3, 0.4) is 0 Å². The van der Waals surface area contributed by atoms with Crippen molar-refractivity contribution < 1.29 is 4.79 Å². The van der Waals surface area contributed by atoms with Crippen molar-refractivity contribution >= 4 is 34.8 Å². The molecule has 0 aliphatic carbocycles. The Labute approximate surface area is 149 Å². The number of carbonyl (C=O) groups excluding carboxylic acids is 1. The average molecular weight is 364 g/mol. The van der Waals surface area contributed by atoms with E-state index >= 15 is 0 Å². The van der Waals surface area contributed by atoms with Crippen LogP contribution in [0, 0.1) is 0 Å². The van der Waals surface area contributed by atoms with Gasteiger partial charge >= 0.3 is 0 Å². The van der Waals surface area contributed by atoms with E-state index < -0.39 is 0 Å². The van der Waals surface area contributed by atoms with Gasteiger partial charge in [-0.3, -0.25) is 14.2 Å². The number of hydrogen-bond acceptors (Lipinski definition) is 3. The van der Waals surface area contributed by atoms with Gasteiger partial charge < -0.3 is 5.32 Å². The third-order valence-electron chi connectivity index (χ3n) is 3.52. The summed E-state index contributed by atoms with van der Waals surface area (Å²) in [4.78, 5) is 12.3. The lowest BCUT2D eigenvalue weighted by atomic mass is 10.2. The molecule has 1 amide bonds. The van der Waals surface area contributed by atoms with Crippen molar-refractivity contribution in [2.24, 2.45) is 0 Å². The Morgan fingerprint density at radius 3 is 2.67 bits per heavy atom. The van der Waals surface area contributed by atoms with Gasteiger partial charge in [-0.2, -0.15) is 10.2 Å². The first kappa shape index (κ1) is 16.5. The molecule has 0 bridgehead atoms. The van der Waals surface area contributed by atoms with Gasteiger partial charge in [-0.15, -0.1) is 0 Å². The van der Waals surface area contributed by atoms with Crippen molar-refractivity contribution in [2.75, 3.05) is 5.32 Å². The number of benzene rings is 1. The SMILES string of the molecule is CCn1nccc1C(=O)Nc1cnn(Cc2c(Cl)cccc2Cl)c1. The molecular weight excluding hydrogens is 349 g/mol. The summed E-state index contributed by atoms with van der Waals surface area (Å²) in [7, 11) is 0. The summed E-state index contributed by atoms with van der Waals surface area (Å²) >= 11 is 12.3. The largest absolute Gasteiger partial charge is 0.318 e. The number of anilines is 1. The molecule has 8 heteroatoms. The Bertz CT molecular complexity index is 851. The van der Waals surface area contributed by atoms with E-state index in [-0.39, 0.29) is 5.91 Å². The minimum Gasteiger partial charge on any atom is -0.318 e. The van der Waals surface area contributed by atoms with Crippen LogP contribution >= 0.6 is 23.2 Å². The highest BCUT2D eigenvalue weighted by Crippen LogP contribution is 2.25. The van der Waals surface area contributed by atoms with E-state index in [2.05, 4.69) is 15.5 Å². The lowest BCUT2D eigenvalue weighted by Gasteiger charge is -2.07. The fourth-order valence-electron chi connectivity index (χ4n) is 2.33. The zero-order chi connectivity index (χ0) is 17.1. The first-order chi connectivity index (χ1) is 11.6. The summed E-state index contributed by atoms with van der Waals surface area (Å²) in [5.41, 5.74) is 1.87. The molecule has 0 unspecified atom stereocenters. The molecule has 1 aromatic carbocycles. The topological polar surface area (TPSA) is 64.7 Å². The van der Waals surface area contributed by atoms with Crippen molar-refractivity contribution in [3.05, 3.63) is 64.2 Å². The van der Waals surface area contributed by atoms with Gasteiger partial charge in [0.1, 0.15) is 5.69 Å². The standard InChI is InChI=1S/C16H15Cl2N5O/c1-2-23-15(6-7-19-23)16(24)21-11-8-20-22(9-11)10-12-13(17)4-3-5-14(12)18/h3-9H,2,10H2,1H3,(H,21,24). The summed E-state index contributed by atoms with van der Waals surface area (Å²) in [6, 6.07) is 7.02. The molecule has 3 rings (SSSR count). The Hall–Kier alpha value is -2.31. The molecule has 0 radical (unpaired) electrons. The maximum Gasteiger partial charge on any atom is 0.274 e. The molecule has 124 valence electrons. The van der Waals surface area contributed by atoms with E-state index in [0.29, 0.717) is 34.5 Å². The van der Waals surface area contributed by atoms with Crippen LogP contribution in [0.5, 0.6) is 0 Å². The molecule has 2 aromatic heterocycles. The summed E-state index contributed by atoms with van der Waals surface area (Å²) in [6.45, 7) is 2.97. The second kappa shape index (κ2) is 7.07. The Morgan fingerprint density at radius 2 is 1.96 bits per heavy atom. The van der Waals surface area contributed by atoms with Crippen molar-refractivity contribution in [1.29, 1.82) is 0 Å². The number of aromatic nitrogens is 4. The van der Waals surface area contributed by atoms with Crippen molar-refractivity contribution in [3.63, 3.8) is 0 Å². The second-order valence-electron chi connectivity index (χ2n) is 5.11. The summed E-state index contributed by atoms with van der Waals surface area (Å²) in [6.07, 6.45) is 4.90. The molecule has 2 heterocycles. The number of carbonyl (C=O) groups is 1. The summed E-state index contributed by atoms with van der Waals surface area (Å²) < 4.78 is 3.29. The molecule has 1 N–H and O–H groups in total. The van der Waals surface area contributed by atoms with Gasteiger partial charge in [0, 0.05) is 34.5 Å². The Morgan fingerprint density at radius 1 is 1.21 bits per heavy atom. The minimum absolute atomic E-state index is 0.232. The molecule has 0 saturated carbocycles. The zero-order valence-electron chi connectivity index (χ0n) is 12.9. The molecular formula is C16H15Cl2N5O. The van der Waals surface area contributed by atoms with Gasteiger partial charge in [-0.25, -0.2) is 0 Å². The molecule has 0 aliphatic rings. The monoisotopic (exact) mass is 363 g/mol. The highest BCUT2D eigenvalue weighted by molar-refractivity contribution is 6.35. The molecule has 0 saturated heterocycles. The van der Waals surface area contributed by atoms with E-state index in [0.717, 1.165) is 5.56 Å². The van der Waals surface area contributed by atoms with E-state index in [1.807, 2.05) is 6.92 Å². The fourth-order valence-corrected chi connectivity index (χ4v) is 2.85. The molecule has 24 heavy (non-hydrogen) atoms. The molecule has 0 spiro atoms. The van der Waals surface area contributed by atoms with Crippen LogP contribution in [-0.2, 0) is 13.1 Å². The summed E-state index contributed by atoms with van der Waals surface area (Å²) in [5, 5.41) is 12.3. The normalized spacial score (nSPS) is 10.8. The van der Waals surface area contributed by atoms with Crippen LogP contribution in [-0.4, -0.2) is 25.5 Å². The van der Waals surface area contributed by atoms with Crippen molar-refractivity contribution in [2.45, 2.75) is 20.0 Å². The van der Waals surface area contributed by atoms with Crippen LogP contribution < -0.4 is 5.32 Å². The predicted octanol–water partition coefficient (Wildman–Crippen LogP) is 3.71. The van der Waals surface area contributed by atoms with Gasteiger partial charge in [-0.05, 0) is 25.1 Å². The zero-order valence-corrected chi connectivity index (χ0v) is 14.4. The predicted molar refractivity (Wildman–Crippen MR) is 93.6 cm³/mol. The molecule has 6 nitrogen and oxygen atoms in total. The van der Waals surface area contributed by atoms with E-state index in [9.17, 15) is 4.79 Å². The van der Waals surface area contributed by atoms with Gasteiger partial charge in [-0.1, -0.05) is 29.3 Å².